The lowest BCUT2D eigenvalue weighted by Crippen LogP contribution is -2.28. The molecule has 0 bridgehead atoms. The Morgan fingerprint density at radius 2 is 1.72 bits per heavy atom. The van der Waals surface area contributed by atoms with Crippen molar-refractivity contribution >= 4 is 0 Å². The summed E-state index contributed by atoms with van der Waals surface area (Å²) in [6.07, 6.45) is 5.45. The Labute approximate surface area is 105 Å². The summed E-state index contributed by atoms with van der Waals surface area (Å²) in [5.74, 6) is -3.26. The first kappa shape index (κ1) is 13.4. The molecule has 0 spiro atoms. The average Bonchev–Trinajstić information content (AvgIpc) is 2.41. The fourth-order valence-electron chi connectivity index (χ4n) is 2.89. The van der Waals surface area contributed by atoms with Gasteiger partial charge in [0.05, 0.1) is 0 Å². The zero-order valence-corrected chi connectivity index (χ0v) is 10.5. The number of benzene rings is 1. The van der Waals surface area contributed by atoms with Crippen molar-refractivity contribution in [2.45, 2.75) is 38.1 Å². The summed E-state index contributed by atoms with van der Waals surface area (Å²) in [5, 5.41) is 3.05. The van der Waals surface area contributed by atoms with Gasteiger partial charge in [0.25, 0.3) is 0 Å². The summed E-state index contributed by atoms with van der Waals surface area (Å²) in [6.45, 7) is 0. The molecule has 1 aliphatic rings. The van der Waals surface area contributed by atoms with E-state index < -0.39 is 17.5 Å². The van der Waals surface area contributed by atoms with E-state index in [0.717, 1.165) is 31.7 Å². The van der Waals surface area contributed by atoms with Gasteiger partial charge in [0, 0.05) is 11.6 Å². The van der Waals surface area contributed by atoms with Gasteiger partial charge in [-0.25, -0.2) is 13.2 Å². The van der Waals surface area contributed by atoms with E-state index in [9.17, 15) is 13.2 Å². The Hall–Kier alpha value is -1.03. The molecule has 0 saturated heterocycles. The molecule has 0 heterocycles. The Kier molecular flexibility index (Phi) is 4.27. The van der Waals surface area contributed by atoms with Crippen molar-refractivity contribution in [1.29, 1.82) is 0 Å². The molecule has 0 aromatic heterocycles. The molecular formula is C14H18F3N. The van der Waals surface area contributed by atoms with Crippen molar-refractivity contribution in [3.05, 3.63) is 35.1 Å². The topological polar surface area (TPSA) is 12.0 Å². The molecule has 18 heavy (non-hydrogen) atoms. The van der Waals surface area contributed by atoms with Crippen molar-refractivity contribution in [1.82, 2.24) is 5.32 Å². The van der Waals surface area contributed by atoms with E-state index >= 15 is 0 Å². The van der Waals surface area contributed by atoms with Crippen LogP contribution in [0.2, 0.25) is 0 Å². The van der Waals surface area contributed by atoms with E-state index in [-0.39, 0.29) is 11.6 Å². The molecule has 1 saturated carbocycles. The second kappa shape index (κ2) is 5.74. The third-order valence-electron chi connectivity index (χ3n) is 3.83. The van der Waals surface area contributed by atoms with Gasteiger partial charge in [-0.05, 0) is 31.9 Å². The van der Waals surface area contributed by atoms with Crippen LogP contribution in [0.1, 0.15) is 43.7 Å². The van der Waals surface area contributed by atoms with Crippen LogP contribution in [0, 0.1) is 23.4 Å². The van der Waals surface area contributed by atoms with Crippen molar-refractivity contribution in [3.63, 3.8) is 0 Å². The predicted octanol–water partition coefficient (Wildman–Crippen LogP) is 3.94. The molecule has 1 atom stereocenters. The van der Waals surface area contributed by atoms with Crippen LogP contribution in [0.25, 0.3) is 0 Å². The van der Waals surface area contributed by atoms with Crippen LogP contribution >= 0.6 is 0 Å². The molecule has 0 amide bonds. The molecular weight excluding hydrogens is 239 g/mol. The standard InChI is InChI=1S/C14H18F3N/c1-18-14(9-5-3-2-4-6-9)10-7-8-11(15)13(17)12(10)16/h7-9,14,18H,2-6H2,1H3. The first-order valence-corrected chi connectivity index (χ1v) is 6.45. The maximum Gasteiger partial charge on any atom is 0.194 e. The van der Waals surface area contributed by atoms with Gasteiger partial charge in [0.1, 0.15) is 0 Å². The zero-order valence-electron chi connectivity index (χ0n) is 10.5. The zero-order chi connectivity index (χ0) is 13.1. The van der Waals surface area contributed by atoms with E-state index in [2.05, 4.69) is 5.32 Å². The average molecular weight is 257 g/mol. The fourth-order valence-corrected chi connectivity index (χ4v) is 2.89. The minimum atomic E-state index is -1.37. The maximum absolute atomic E-state index is 13.8. The van der Waals surface area contributed by atoms with Gasteiger partial charge in [-0.2, -0.15) is 0 Å². The fraction of sp³-hybridized carbons (Fsp3) is 0.571. The number of hydrogen-bond donors (Lipinski definition) is 1. The SMILES string of the molecule is CNC(c1ccc(F)c(F)c1F)C1CCCCC1. The molecule has 4 heteroatoms. The van der Waals surface area contributed by atoms with Crippen LogP contribution in [0.5, 0.6) is 0 Å². The minimum Gasteiger partial charge on any atom is -0.313 e. The summed E-state index contributed by atoms with van der Waals surface area (Å²) >= 11 is 0. The maximum atomic E-state index is 13.8. The van der Waals surface area contributed by atoms with Gasteiger partial charge in [-0.3, -0.25) is 0 Å². The van der Waals surface area contributed by atoms with Crippen molar-refractivity contribution in [3.8, 4) is 0 Å². The Balaban J connectivity index is 2.29. The van der Waals surface area contributed by atoms with Gasteiger partial charge in [0.2, 0.25) is 0 Å². The van der Waals surface area contributed by atoms with E-state index in [0.29, 0.717) is 5.92 Å². The largest absolute Gasteiger partial charge is 0.313 e. The Bertz CT molecular complexity index is 414. The van der Waals surface area contributed by atoms with Crippen molar-refractivity contribution in [2.75, 3.05) is 7.05 Å². The molecule has 100 valence electrons. The van der Waals surface area contributed by atoms with E-state index in [1.807, 2.05) is 0 Å². The lowest BCUT2D eigenvalue weighted by molar-refractivity contribution is 0.274. The lowest BCUT2D eigenvalue weighted by Gasteiger charge is -2.30. The molecule has 1 fully saturated rings. The quantitative estimate of drug-likeness (QED) is 0.809. The molecule has 1 aliphatic carbocycles. The van der Waals surface area contributed by atoms with E-state index in [1.54, 1.807) is 7.05 Å². The van der Waals surface area contributed by atoms with E-state index in [1.165, 1.54) is 12.5 Å². The monoisotopic (exact) mass is 257 g/mol. The summed E-state index contributed by atoms with van der Waals surface area (Å²) in [5.41, 5.74) is 0.239. The predicted molar refractivity (Wildman–Crippen MR) is 64.7 cm³/mol. The summed E-state index contributed by atoms with van der Waals surface area (Å²) in [7, 11) is 1.74. The molecule has 1 unspecified atom stereocenters. The Morgan fingerprint density at radius 1 is 1.06 bits per heavy atom. The van der Waals surface area contributed by atoms with Crippen LogP contribution in [-0.4, -0.2) is 7.05 Å². The van der Waals surface area contributed by atoms with Crippen LogP contribution in [0.15, 0.2) is 12.1 Å². The molecule has 1 aromatic rings. The summed E-state index contributed by atoms with van der Waals surface area (Å²) in [4.78, 5) is 0. The van der Waals surface area contributed by atoms with Crippen molar-refractivity contribution in [2.24, 2.45) is 5.92 Å². The highest BCUT2D eigenvalue weighted by atomic mass is 19.2. The van der Waals surface area contributed by atoms with Gasteiger partial charge in [-0.15, -0.1) is 0 Å². The highest BCUT2D eigenvalue weighted by molar-refractivity contribution is 5.24. The third kappa shape index (κ3) is 2.53. The highest BCUT2D eigenvalue weighted by Crippen LogP contribution is 2.35. The minimum absolute atomic E-state index is 0.236. The molecule has 2 rings (SSSR count). The molecule has 1 N–H and O–H groups in total. The first-order valence-electron chi connectivity index (χ1n) is 6.45. The first-order chi connectivity index (χ1) is 8.65. The lowest BCUT2D eigenvalue weighted by atomic mass is 9.81. The number of rotatable bonds is 3. The van der Waals surface area contributed by atoms with Gasteiger partial charge >= 0.3 is 0 Å². The van der Waals surface area contributed by atoms with E-state index in [4.69, 9.17) is 0 Å². The second-order valence-corrected chi connectivity index (χ2v) is 4.93. The van der Waals surface area contributed by atoms with Crippen LogP contribution in [0.3, 0.4) is 0 Å². The molecule has 0 aliphatic heterocycles. The number of halogens is 3. The van der Waals surface area contributed by atoms with Gasteiger partial charge in [-0.1, -0.05) is 25.3 Å². The summed E-state index contributed by atoms with van der Waals surface area (Å²) < 4.78 is 40.0. The molecule has 0 radical (unpaired) electrons. The number of nitrogens with one attached hydrogen (secondary N) is 1. The summed E-state index contributed by atoms with van der Waals surface area (Å²) in [6, 6.07) is 2.12. The third-order valence-corrected chi connectivity index (χ3v) is 3.83. The van der Waals surface area contributed by atoms with Gasteiger partial charge in [0.15, 0.2) is 17.5 Å². The van der Waals surface area contributed by atoms with Crippen LogP contribution in [0.4, 0.5) is 13.2 Å². The highest BCUT2D eigenvalue weighted by Gasteiger charge is 2.27. The normalized spacial score (nSPS) is 18.9. The van der Waals surface area contributed by atoms with Crippen LogP contribution in [-0.2, 0) is 0 Å². The van der Waals surface area contributed by atoms with Crippen molar-refractivity contribution < 1.29 is 13.2 Å². The second-order valence-electron chi connectivity index (χ2n) is 4.93. The number of hydrogen-bond acceptors (Lipinski definition) is 1. The van der Waals surface area contributed by atoms with Gasteiger partial charge < -0.3 is 5.32 Å². The smallest absolute Gasteiger partial charge is 0.194 e. The van der Waals surface area contributed by atoms with Crippen LogP contribution < -0.4 is 5.32 Å². The molecule has 1 nitrogen and oxygen atoms in total. The molecule has 1 aromatic carbocycles. The Morgan fingerprint density at radius 3 is 2.33 bits per heavy atom.